The van der Waals surface area contributed by atoms with E-state index in [1.165, 1.54) is 5.69 Å². The second-order valence-corrected chi connectivity index (χ2v) is 6.50. The van der Waals surface area contributed by atoms with Crippen molar-refractivity contribution in [2.24, 2.45) is 0 Å². The molecule has 1 fully saturated rings. The molecule has 146 valence electrons. The second kappa shape index (κ2) is 9.48. The van der Waals surface area contributed by atoms with Crippen LogP contribution in [0.4, 0.5) is 11.4 Å². The summed E-state index contributed by atoms with van der Waals surface area (Å²) >= 11 is 0. The van der Waals surface area contributed by atoms with Crippen LogP contribution in [0.1, 0.15) is 5.56 Å². The van der Waals surface area contributed by atoms with E-state index in [1.807, 2.05) is 25.1 Å². The molecule has 0 bridgehead atoms. The summed E-state index contributed by atoms with van der Waals surface area (Å²) in [7, 11) is 3.25. The lowest BCUT2D eigenvalue weighted by molar-refractivity contribution is 0.0482. The van der Waals surface area contributed by atoms with E-state index in [2.05, 4.69) is 34.1 Å². The number of methoxy groups -OCH3 is 2. The zero-order valence-corrected chi connectivity index (χ0v) is 16.3. The maximum atomic E-state index is 5.88. The van der Waals surface area contributed by atoms with Crippen LogP contribution >= 0.6 is 0 Å². The number of ether oxygens (including phenoxy) is 4. The van der Waals surface area contributed by atoms with Gasteiger partial charge in [-0.2, -0.15) is 0 Å². The Morgan fingerprint density at radius 3 is 2.11 bits per heavy atom. The van der Waals surface area contributed by atoms with Gasteiger partial charge in [-0.3, -0.25) is 0 Å². The summed E-state index contributed by atoms with van der Waals surface area (Å²) < 4.78 is 21.7. The molecule has 0 aromatic heterocycles. The van der Waals surface area contributed by atoms with Crippen LogP contribution in [0, 0.1) is 6.92 Å². The Labute approximate surface area is 161 Å². The lowest BCUT2D eigenvalue weighted by atomic mass is 10.1. The maximum Gasteiger partial charge on any atom is 0.188 e. The summed E-state index contributed by atoms with van der Waals surface area (Å²) in [5.41, 5.74) is 3.31. The number of aryl methyl sites for hydroxylation is 1. The van der Waals surface area contributed by atoms with Gasteiger partial charge >= 0.3 is 0 Å². The van der Waals surface area contributed by atoms with Gasteiger partial charge in [0, 0.05) is 52.2 Å². The first-order valence-electron chi connectivity index (χ1n) is 9.16. The van der Waals surface area contributed by atoms with Crippen LogP contribution in [0.2, 0.25) is 0 Å². The normalized spacial score (nSPS) is 14.3. The van der Waals surface area contributed by atoms with Gasteiger partial charge in [0.2, 0.25) is 0 Å². The molecule has 0 saturated carbocycles. The summed E-state index contributed by atoms with van der Waals surface area (Å²) in [6.07, 6.45) is 0. The van der Waals surface area contributed by atoms with Crippen LogP contribution in [0.3, 0.4) is 0 Å². The lowest BCUT2D eigenvalue weighted by Gasteiger charge is -2.38. The van der Waals surface area contributed by atoms with Gasteiger partial charge in [0.1, 0.15) is 11.5 Å². The molecule has 1 heterocycles. The van der Waals surface area contributed by atoms with Crippen molar-refractivity contribution in [2.75, 3.05) is 63.8 Å². The van der Waals surface area contributed by atoms with E-state index in [1.54, 1.807) is 14.2 Å². The van der Waals surface area contributed by atoms with Crippen LogP contribution in [-0.2, 0) is 9.47 Å². The highest BCUT2D eigenvalue weighted by Crippen LogP contribution is 2.37. The largest absolute Gasteiger partial charge is 0.467 e. The van der Waals surface area contributed by atoms with Crippen LogP contribution in [0.25, 0.3) is 0 Å². The van der Waals surface area contributed by atoms with Crippen molar-refractivity contribution < 1.29 is 18.9 Å². The van der Waals surface area contributed by atoms with Gasteiger partial charge in [-0.25, -0.2) is 0 Å². The number of hydrogen-bond acceptors (Lipinski definition) is 6. The Balaban J connectivity index is 1.78. The highest BCUT2D eigenvalue weighted by atomic mass is 16.7. The van der Waals surface area contributed by atoms with Crippen molar-refractivity contribution in [1.29, 1.82) is 0 Å². The van der Waals surface area contributed by atoms with Crippen LogP contribution in [0.15, 0.2) is 42.5 Å². The lowest BCUT2D eigenvalue weighted by Crippen LogP contribution is -2.46. The maximum absolute atomic E-state index is 5.88. The molecule has 2 aromatic carbocycles. The Morgan fingerprint density at radius 1 is 0.815 bits per heavy atom. The molecule has 0 atom stereocenters. The molecule has 0 spiro atoms. The minimum Gasteiger partial charge on any atom is -0.467 e. The number of nitrogens with zero attached hydrogens (tertiary/aromatic N) is 2. The average Bonchev–Trinajstić information content (AvgIpc) is 2.72. The third-order valence-corrected chi connectivity index (χ3v) is 4.63. The molecule has 0 unspecified atom stereocenters. The minimum atomic E-state index is 0.218. The smallest absolute Gasteiger partial charge is 0.188 e. The molecule has 6 nitrogen and oxygen atoms in total. The molecular formula is C21H28N2O4. The molecule has 2 aromatic rings. The van der Waals surface area contributed by atoms with Gasteiger partial charge in [-0.05, 0) is 30.7 Å². The highest BCUT2D eigenvalue weighted by Gasteiger charge is 2.22. The second-order valence-electron chi connectivity index (χ2n) is 6.50. The van der Waals surface area contributed by atoms with E-state index in [9.17, 15) is 0 Å². The van der Waals surface area contributed by atoms with Crippen molar-refractivity contribution in [2.45, 2.75) is 6.92 Å². The van der Waals surface area contributed by atoms with E-state index in [-0.39, 0.29) is 13.6 Å². The van der Waals surface area contributed by atoms with Crippen molar-refractivity contribution in [3.8, 4) is 11.5 Å². The monoisotopic (exact) mass is 372 g/mol. The Kier molecular flexibility index (Phi) is 6.79. The topological polar surface area (TPSA) is 43.4 Å². The van der Waals surface area contributed by atoms with Crippen molar-refractivity contribution in [3.05, 3.63) is 48.0 Å². The van der Waals surface area contributed by atoms with Crippen molar-refractivity contribution >= 4 is 11.4 Å². The van der Waals surface area contributed by atoms with Crippen molar-refractivity contribution in [3.63, 3.8) is 0 Å². The molecular weight excluding hydrogens is 344 g/mol. The van der Waals surface area contributed by atoms with E-state index in [4.69, 9.17) is 18.9 Å². The first-order chi connectivity index (χ1) is 13.2. The van der Waals surface area contributed by atoms with Crippen molar-refractivity contribution in [1.82, 2.24) is 0 Å². The van der Waals surface area contributed by atoms with Crippen LogP contribution in [0.5, 0.6) is 11.5 Å². The van der Waals surface area contributed by atoms with E-state index in [0.29, 0.717) is 0 Å². The Morgan fingerprint density at radius 2 is 1.44 bits per heavy atom. The molecule has 1 saturated heterocycles. The summed E-state index contributed by atoms with van der Waals surface area (Å²) in [6.45, 7) is 6.19. The SMILES string of the molecule is COCOc1cc(C)c(OCOC)c(N2CCN(c3ccccc3)CC2)c1. The fourth-order valence-electron chi connectivity index (χ4n) is 3.32. The van der Waals surface area contributed by atoms with Gasteiger partial charge in [0.05, 0.1) is 5.69 Å². The Hall–Kier alpha value is -2.44. The first kappa shape index (κ1) is 19.3. The molecule has 1 aliphatic heterocycles. The van der Waals surface area contributed by atoms with E-state index in [0.717, 1.165) is 48.9 Å². The Bertz CT molecular complexity index is 716. The van der Waals surface area contributed by atoms with Gasteiger partial charge in [-0.1, -0.05) is 18.2 Å². The number of benzene rings is 2. The summed E-state index contributed by atoms with van der Waals surface area (Å²) in [4.78, 5) is 4.75. The predicted octanol–water partition coefficient (Wildman–Crippen LogP) is 3.29. The number of rotatable bonds is 8. The minimum absolute atomic E-state index is 0.218. The molecule has 0 amide bonds. The first-order valence-corrected chi connectivity index (χ1v) is 9.16. The molecule has 0 N–H and O–H groups in total. The summed E-state index contributed by atoms with van der Waals surface area (Å²) in [5, 5.41) is 0. The number of hydrogen-bond donors (Lipinski definition) is 0. The molecule has 6 heteroatoms. The predicted molar refractivity (Wildman–Crippen MR) is 107 cm³/mol. The highest BCUT2D eigenvalue weighted by molar-refractivity contribution is 5.66. The molecule has 0 aliphatic carbocycles. The van der Waals surface area contributed by atoms with Crippen LogP contribution in [-0.4, -0.2) is 54.0 Å². The fraction of sp³-hybridized carbons (Fsp3) is 0.429. The zero-order chi connectivity index (χ0) is 19.1. The summed E-state index contributed by atoms with van der Waals surface area (Å²) in [6, 6.07) is 14.5. The third kappa shape index (κ3) is 4.84. The van der Waals surface area contributed by atoms with E-state index < -0.39 is 0 Å². The van der Waals surface area contributed by atoms with E-state index >= 15 is 0 Å². The number of para-hydroxylation sites is 1. The van der Waals surface area contributed by atoms with Crippen LogP contribution < -0.4 is 19.3 Å². The standard InChI is InChI=1S/C21H28N2O4/c1-17-13-19(26-15-24-2)14-20(21(17)27-16-25-3)23-11-9-22(10-12-23)18-7-5-4-6-8-18/h4-8,13-14H,9-12,15-16H2,1-3H3. The van der Waals surface area contributed by atoms with Gasteiger partial charge in [0.25, 0.3) is 0 Å². The summed E-state index contributed by atoms with van der Waals surface area (Å²) in [5.74, 6) is 1.62. The fourth-order valence-corrected chi connectivity index (χ4v) is 3.32. The molecule has 1 aliphatic rings. The molecule has 0 radical (unpaired) electrons. The molecule has 27 heavy (non-hydrogen) atoms. The number of anilines is 2. The third-order valence-electron chi connectivity index (χ3n) is 4.63. The number of piperazine rings is 1. The zero-order valence-electron chi connectivity index (χ0n) is 16.3. The quantitative estimate of drug-likeness (QED) is 0.663. The average molecular weight is 372 g/mol. The van der Waals surface area contributed by atoms with Gasteiger partial charge < -0.3 is 28.7 Å². The van der Waals surface area contributed by atoms with Gasteiger partial charge in [-0.15, -0.1) is 0 Å². The van der Waals surface area contributed by atoms with Gasteiger partial charge in [0.15, 0.2) is 13.6 Å². The molecule has 3 rings (SSSR count).